The zero-order valence-electron chi connectivity index (χ0n) is 13.6. The average Bonchev–Trinajstić information content (AvgIpc) is 2.97. The van der Waals surface area contributed by atoms with E-state index in [-0.39, 0.29) is 23.3 Å². The number of carboxylic acids is 1. The second kappa shape index (κ2) is 6.34. The van der Waals surface area contributed by atoms with Gasteiger partial charge in [0.1, 0.15) is 0 Å². The van der Waals surface area contributed by atoms with E-state index in [4.69, 9.17) is 5.11 Å². The Hall–Kier alpha value is -1.84. The summed E-state index contributed by atoms with van der Waals surface area (Å²) in [6.07, 6.45) is 5.81. The minimum Gasteiger partial charge on any atom is -0.481 e. The van der Waals surface area contributed by atoms with Gasteiger partial charge >= 0.3 is 5.97 Å². The van der Waals surface area contributed by atoms with Crippen LogP contribution in [0, 0.1) is 11.8 Å². The Morgan fingerprint density at radius 2 is 1.74 bits per heavy atom. The average molecular weight is 315 g/mol. The fraction of sp³-hybridized carbons (Fsp3) is 0.579. The van der Waals surface area contributed by atoms with Crippen molar-refractivity contribution in [3.8, 4) is 0 Å². The highest BCUT2D eigenvalue weighted by Crippen LogP contribution is 2.44. The number of carbonyl (C=O) groups excluding carboxylic acids is 1. The number of nitrogens with one attached hydrogen (secondary N) is 1. The number of carboxylic acid groups (broad SMARTS) is 1. The van der Waals surface area contributed by atoms with Crippen molar-refractivity contribution in [2.75, 3.05) is 0 Å². The minimum atomic E-state index is -0.845. The highest BCUT2D eigenvalue weighted by atomic mass is 16.4. The van der Waals surface area contributed by atoms with Gasteiger partial charge in [0.25, 0.3) is 0 Å². The molecule has 2 aliphatic rings. The molecule has 2 N–H and O–H groups in total. The highest BCUT2D eigenvalue weighted by molar-refractivity contribution is 5.86. The number of amides is 1. The summed E-state index contributed by atoms with van der Waals surface area (Å²) in [5.41, 5.74) is 1.27. The van der Waals surface area contributed by atoms with Crippen molar-refractivity contribution < 1.29 is 14.7 Å². The Morgan fingerprint density at radius 3 is 2.26 bits per heavy atom. The van der Waals surface area contributed by atoms with Gasteiger partial charge in [0, 0.05) is 11.5 Å². The van der Waals surface area contributed by atoms with Gasteiger partial charge in [0.2, 0.25) is 5.91 Å². The first-order valence-electron chi connectivity index (χ1n) is 8.63. The van der Waals surface area contributed by atoms with E-state index in [0.29, 0.717) is 12.8 Å². The summed E-state index contributed by atoms with van der Waals surface area (Å²) in [5.74, 6) is -1.79. The molecule has 0 radical (unpaired) electrons. The van der Waals surface area contributed by atoms with E-state index in [2.05, 4.69) is 36.5 Å². The van der Waals surface area contributed by atoms with E-state index < -0.39 is 11.9 Å². The van der Waals surface area contributed by atoms with Crippen molar-refractivity contribution in [1.29, 1.82) is 0 Å². The summed E-state index contributed by atoms with van der Waals surface area (Å²) in [6, 6.07) is 10.4. The molecule has 0 heterocycles. The molecule has 3 atom stereocenters. The third-order valence-electron chi connectivity index (χ3n) is 5.96. The molecule has 1 aromatic rings. The van der Waals surface area contributed by atoms with Crippen LogP contribution in [0.4, 0.5) is 0 Å². The van der Waals surface area contributed by atoms with Crippen molar-refractivity contribution in [1.82, 2.24) is 5.32 Å². The zero-order chi connectivity index (χ0) is 16.4. The highest BCUT2D eigenvalue weighted by Gasteiger charge is 2.45. The molecule has 3 rings (SSSR count). The third kappa shape index (κ3) is 2.87. The number of hydrogen-bond donors (Lipinski definition) is 2. The smallest absolute Gasteiger partial charge is 0.307 e. The molecule has 2 saturated carbocycles. The van der Waals surface area contributed by atoms with Gasteiger partial charge in [-0.3, -0.25) is 9.59 Å². The van der Waals surface area contributed by atoms with Crippen LogP contribution in [-0.2, 0) is 15.0 Å². The van der Waals surface area contributed by atoms with E-state index in [0.717, 1.165) is 12.8 Å². The zero-order valence-corrected chi connectivity index (χ0v) is 13.6. The normalized spacial score (nSPS) is 27.0. The van der Waals surface area contributed by atoms with Gasteiger partial charge in [0.15, 0.2) is 0 Å². The number of aliphatic carboxylic acids is 1. The standard InChI is InChI=1S/C19H25NO3/c1-13(20-17(21)15-9-10-16(15)18(22)23)19(11-5-6-12-19)14-7-3-2-4-8-14/h2-4,7-8,13,15-16H,5-6,9-12H2,1H3,(H,20,21)(H,22,23). The predicted octanol–water partition coefficient (Wildman–Crippen LogP) is 3.11. The van der Waals surface area contributed by atoms with E-state index in [1.54, 1.807) is 0 Å². The molecule has 1 amide bonds. The summed E-state index contributed by atoms with van der Waals surface area (Å²) < 4.78 is 0. The molecule has 2 fully saturated rings. The van der Waals surface area contributed by atoms with Gasteiger partial charge in [-0.25, -0.2) is 0 Å². The fourth-order valence-corrected chi connectivity index (χ4v) is 4.32. The SMILES string of the molecule is CC(NC(=O)C1CCC1C(=O)O)C1(c2ccccc2)CCCC1. The molecule has 0 aromatic heterocycles. The number of carbonyl (C=O) groups is 2. The van der Waals surface area contributed by atoms with Crippen LogP contribution < -0.4 is 5.32 Å². The summed E-state index contributed by atoms with van der Waals surface area (Å²) in [4.78, 5) is 23.6. The maximum Gasteiger partial charge on any atom is 0.307 e. The van der Waals surface area contributed by atoms with E-state index in [1.807, 2.05) is 6.07 Å². The predicted molar refractivity (Wildman–Crippen MR) is 88.0 cm³/mol. The molecular formula is C19H25NO3. The van der Waals surface area contributed by atoms with Crippen molar-refractivity contribution in [2.24, 2.45) is 11.8 Å². The van der Waals surface area contributed by atoms with Crippen molar-refractivity contribution >= 4 is 11.9 Å². The van der Waals surface area contributed by atoms with Crippen molar-refractivity contribution in [2.45, 2.75) is 56.9 Å². The molecule has 3 unspecified atom stereocenters. The second-order valence-corrected chi connectivity index (χ2v) is 7.09. The molecule has 0 bridgehead atoms. The fourth-order valence-electron chi connectivity index (χ4n) is 4.32. The van der Waals surface area contributed by atoms with Gasteiger partial charge in [-0.15, -0.1) is 0 Å². The van der Waals surface area contributed by atoms with Gasteiger partial charge < -0.3 is 10.4 Å². The van der Waals surface area contributed by atoms with Gasteiger partial charge in [-0.1, -0.05) is 43.2 Å². The first-order valence-corrected chi connectivity index (χ1v) is 8.63. The number of benzene rings is 1. The summed E-state index contributed by atoms with van der Waals surface area (Å²) >= 11 is 0. The lowest BCUT2D eigenvalue weighted by atomic mass is 9.71. The first-order chi connectivity index (χ1) is 11.0. The van der Waals surface area contributed by atoms with Gasteiger partial charge in [0.05, 0.1) is 11.8 Å². The van der Waals surface area contributed by atoms with Crippen LogP contribution in [0.5, 0.6) is 0 Å². The Labute approximate surface area is 137 Å². The summed E-state index contributed by atoms with van der Waals surface area (Å²) in [6.45, 7) is 2.07. The molecular weight excluding hydrogens is 290 g/mol. The molecule has 0 spiro atoms. The van der Waals surface area contributed by atoms with Crippen molar-refractivity contribution in [3.05, 3.63) is 35.9 Å². The second-order valence-electron chi connectivity index (χ2n) is 7.09. The number of rotatable bonds is 5. The summed E-state index contributed by atoms with van der Waals surface area (Å²) in [5, 5.41) is 12.3. The quantitative estimate of drug-likeness (QED) is 0.877. The Balaban J connectivity index is 1.74. The van der Waals surface area contributed by atoms with Gasteiger partial charge in [-0.05, 0) is 38.2 Å². The molecule has 124 valence electrons. The molecule has 4 nitrogen and oxygen atoms in total. The molecule has 0 saturated heterocycles. The van der Waals surface area contributed by atoms with Crippen molar-refractivity contribution in [3.63, 3.8) is 0 Å². The topological polar surface area (TPSA) is 66.4 Å². The molecule has 1 aromatic carbocycles. The van der Waals surface area contributed by atoms with Crippen LogP contribution in [0.2, 0.25) is 0 Å². The van der Waals surface area contributed by atoms with Crippen LogP contribution in [-0.4, -0.2) is 23.0 Å². The minimum absolute atomic E-state index is 0.0145. The Morgan fingerprint density at radius 1 is 1.13 bits per heavy atom. The van der Waals surface area contributed by atoms with E-state index in [1.165, 1.54) is 18.4 Å². The number of hydrogen-bond acceptors (Lipinski definition) is 2. The summed E-state index contributed by atoms with van der Waals surface area (Å²) in [7, 11) is 0. The van der Waals surface area contributed by atoms with Crippen LogP contribution in [0.1, 0.15) is 51.0 Å². The van der Waals surface area contributed by atoms with Crippen LogP contribution in [0.25, 0.3) is 0 Å². The molecule has 2 aliphatic carbocycles. The lowest BCUT2D eigenvalue weighted by Gasteiger charge is -2.39. The lowest BCUT2D eigenvalue weighted by molar-refractivity contribution is -0.153. The largest absolute Gasteiger partial charge is 0.481 e. The van der Waals surface area contributed by atoms with E-state index in [9.17, 15) is 9.59 Å². The molecule has 23 heavy (non-hydrogen) atoms. The third-order valence-corrected chi connectivity index (χ3v) is 5.96. The van der Waals surface area contributed by atoms with Gasteiger partial charge in [-0.2, -0.15) is 0 Å². The maximum absolute atomic E-state index is 12.5. The van der Waals surface area contributed by atoms with E-state index >= 15 is 0 Å². The maximum atomic E-state index is 12.5. The van der Waals surface area contributed by atoms with Crippen LogP contribution in [0.15, 0.2) is 30.3 Å². The Bertz CT molecular complexity index is 578. The lowest BCUT2D eigenvalue weighted by Crippen LogP contribution is -2.52. The molecule has 0 aliphatic heterocycles. The Kier molecular flexibility index (Phi) is 4.42. The van der Waals surface area contributed by atoms with Crippen LogP contribution >= 0.6 is 0 Å². The monoisotopic (exact) mass is 315 g/mol. The molecule has 4 heteroatoms. The first kappa shape index (κ1) is 16.0. The van der Waals surface area contributed by atoms with Crippen LogP contribution in [0.3, 0.4) is 0 Å².